The minimum Gasteiger partial charge on any atom is -0.497 e. The molecule has 0 aliphatic carbocycles. The molecule has 23 nitrogen and oxygen atoms in total. The lowest BCUT2D eigenvalue weighted by Crippen LogP contribution is -2.66. The number of esters is 3. The topological polar surface area (TPSA) is 266 Å². The minimum absolute atomic E-state index is 0.00621. The van der Waals surface area contributed by atoms with Crippen LogP contribution in [-0.4, -0.2) is 140 Å². The van der Waals surface area contributed by atoms with E-state index in [0.29, 0.717) is 17.1 Å². The third-order valence-corrected chi connectivity index (χ3v) is 16.3. The zero-order valence-corrected chi connectivity index (χ0v) is 49.6. The maximum atomic E-state index is 15.9. The van der Waals surface area contributed by atoms with Crippen molar-refractivity contribution in [3.8, 4) is 11.5 Å². The van der Waals surface area contributed by atoms with Crippen molar-refractivity contribution in [2.75, 3.05) is 46.0 Å². The van der Waals surface area contributed by atoms with Crippen LogP contribution in [0.4, 0.5) is 5.82 Å². The first-order chi connectivity index (χ1) is 40.2. The monoisotopic (exact) mass is 1180 g/mol. The van der Waals surface area contributed by atoms with Gasteiger partial charge in [-0.15, -0.1) is 0 Å². The molecule has 3 heterocycles. The van der Waals surface area contributed by atoms with Crippen LogP contribution in [0.25, 0.3) is 0 Å². The zero-order chi connectivity index (χ0) is 60.7. The fourth-order valence-corrected chi connectivity index (χ4v) is 12.6. The Labute approximate surface area is 488 Å². The van der Waals surface area contributed by atoms with Crippen LogP contribution < -0.4 is 25.8 Å². The molecule has 7 rings (SSSR count). The molecule has 452 valence electrons. The molecule has 9 atom stereocenters. The molecule has 4 aromatic carbocycles. The fraction of sp³-hybridized carbons (Fsp3) is 0.450. The van der Waals surface area contributed by atoms with Crippen LogP contribution in [0.2, 0.25) is 0 Å². The predicted octanol–water partition coefficient (Wildman–Crippen LogP) is 7.50. The maximum Gasteiger partial charge on any atom is 0.409 e. The third kappa shape index (κ3) is 16.1. The Morgan fingerprint density at radius 1 is 0.714 bits per heavy atom. The van der Waals surface area contributed by atoms with Crippen molar-refractivity contribution in [2.24, 2.45) is 0 Å². The summed E-state index contributed by atoms with van der Waals surface area (Å²) < 4.78 is 86.1. The van der Waals surface area contributed by atoms with Crippen molar-refractivity contribution in [3.05, 3.63) is 154 Å². The third-order valence-electron chi connectivity index (χ3n) is 13.7. The van der Waals surface area contributed by atoms with Gasteiger partial charge in [0.15, 0.2) is 18.5 Å². The van der Waals surface area contributed by atoms with Crippen LogP contribution in [0.15, 0.2) is 126 Å². The van der Waals surface area contributed by atoms with Gasteiger partial charge in [-0.3, -0.25) is 37.6 Å². The Kier molecular flexibility index (Phi) is 22.5. The number of carbonyl (C=O) groups excluding carboxylic acids is 5. The van der Waals surface area contributed by atoms with Gasteiger partial charge in [0.05, 0.1) is 34.0 Å². The summed E-state index contributed by atoms with van der Waals surface area (Å²) in [6.45, 7) is 11.0. The van der Waals surface area contributed by atoms with Crippen LogP contribution in [0.5, 0.6) is 11.5 Å². The molecule has 0 radical (unpaired) electrons. The molecule has 1 unspecified atom stereocenters. The van der Waals surface area contributed by atoms with Crippen molar-refractivity contribution in [3.63, 3.8) is 0 Å². The summed E-state index contributed by atoms with van der Waals surface area (Å²) in [6.07, 6.45) is -7.07. The van der Waals surface area contributed by atoms with Gasteiger partial charge in [0.1, 0.15) is 60.1 Å². The van der Waals surface area contributed by atoms with Gasteiger partial charge >= 0.3 is 31.3 Å². The number of rotatable bonds is 27. The quantitative estimate of drug-likeness (QED) is 0.0169. The lowest BCUT2D eigenvalue weighted by molar-refractivity contribution is -0.278. The van der Waals surface area contributed by atoms with Crippen LogP contribution in [0, 0.1) is 0 Å². The fourth-order valence-electron chi connectivity index (χ4n) is 10.2. The number of nitrogens with one attached hydrogen (secondary N) is 2. The second kappa shape index (κ2) is 29.5. The molecule has 2 aliphatic heterocycles. The molecular formula is C60H74N5O18P. The number of methoxy groups -OCH3 is 2. The molecule has 2 N–H and O–H groups in total. The molecule has 5 aromatic rings. The van der Waals surface area contributed by atoms with E-state index < -0.39 is 117 Å². The van der Waals surface area contributed by atoms with E-state index in [9.17, 15) is 28.8 Å². The molecule has 2 saturated heterocycles. The highest BCUT2D eigenvalue weighted by Crippen LogP contribution is 2.57. The number of amides is 2. The van der Waals surface area contributed by atoms with Gasteiger partial charge in [0.25, 0.3) is 5.91 Å². The lowest BCUT2D eigenvalue weighted by atomic mass is 9.80. The van der Waals surface area contributed by atoms with Crippen LogP contribution in [0.1, 0.15) is 102 Å². The molecule has 84 heavy (non-hydrogen) atoms. The Hall–Kier alpha value is -7.34. The van der Waals surface area contributed by atoms with Crippen LogP contribution >= 0.6 is 7.75 Å². The summed E-state index contributed by atoms with van der Waals surface area (Å²) in [5.41, 5.74) is 0.448. The van der Waals surface area contributed by atoms with Gasteiger partial charge in [0.2, 0.25) is 5.91 Å². The van der Waals surface area contributed by atoms with Gasteiger partial charge in [-0.05, 0) is 93.3 Å². The van der Waals surface area contributed by atoms with Gasteiger partial charge in [-0.1, -0.05) is 72.8 Å². The Bertz CT molecular complexity index is 3060. The smallest absolute Gasteiger partial charge is 0.409 e. The van der Waals surface area contributed by atoms with Gasteiger partial charge in [-0.2, -0.15) is 4.98 Å². The largest absolute Gasteiger partial charge is 0.497 e. The first kappa shape index (κ1) is 64.2. The number of nitrogens with zero attached hydrogens (tertiary/aromatic N) is 3. The summed E-state index contributed by atoms with van der Waals surface area (Å²) >= 11 is 0. The lowest BCUT2D eigenvalue weighted by Gasteiger charge is -2.45. The molecule has 2 aliphatic rings. The molecule has 0 saturated carbocycles. The van der Waals surface area contributed by atoms with Crippen LogP contribution in [0.3, 0.4) is 0 Å². The summed E-state index contributed by atoms with van der Waals surface area (Å²) in [4.78, 5) is 80.7. The number of anilines is 1. The molecule has 2 amide bonds. The molecule has 0 spiro atoms. The zero-order valence-electron chi connectivity index (χ0n) is 48.7. The number of benzene rings is 4. The Morgan fingerprint density at radius 2 is 1.29 bits per heavy atom. The number of carbonyl (C=O) groups is 5. The van der Waals surface area contributed by atoms with Crippen molar-refractivity contribution < 1.29 is 80.2 Å². The highest BCUT2D eigenvalue weighted by Gasteiger charge is 2.52. The molecular weight excluding hydrogens is 1110 g/mol. The van der Waals surface area contributed by atoms with E-state index in [2.05, 4.69) is 15.6 Å². The average molecular weight is 1180 g/mol. The molecule has 24 heteroatoms. The van der Waals surface area contributed by atoms with Gasteiger partial charge in [-0.25, -0.2) is 14.0 Å². The minimum atomic E-state index is -4.43. The van der Waals surface area contributed by atoms with Gasteiger partial charge in [0, 0.05) is 58.0 Å². The Balaban J connectivity index is 1.22. The number of hydrogen-bond acceptors (Lipinski definition) is 19. The molecule has 1 aromatic heterocycles. The van der Waals surface area contributed by atoms with Gasteiger partial charge < -0.3 is 53.3 Å². The van der Waals surface area contributed by atoms with E-state index in [0.717, 1.165) is 30.5 Å². The van der Waals surface area contributed by atoms with E-state index in [1.807, 2.05) is 107 Å². The van der Waals surface area contributed by atoms with Crippen molar-refractivity contribution in [1.82, 2.24) is 19.5 Å². The number of hydrogen-bond donors (Lipinski definition) is 2. The standard InChI is InChI=1S/C60H74N5O18P/c1-37(2)65(38(3)4)84(72,78-33-17-32-75-58-54(61-39(5)66)56(80-42(8)69)55(79-41(7)68)51(82-58)35-76-40(6)67)83-49-34-53(64-31-30-52(63-59(64)71)62-57(70)43-18-13-11-14-19-43)81-50(49)36-77-60(44-20-15-12-16-21-44,45-22-26-47(73-9)27-23-45)46-24-28-48(74-10)29-25-46/h11-16,18-31,37-38,49-51,53-56,58H,17,32-36H2,1-10H3,(H,61,66)(H,62,63,70,71)/t49-,50+,51+,53+,54+,55+,56+,58+,84?/m0/s1. The Morgan fingerprint density at radius 3 is 1.82 bits per heavy atom. The number of aromatic nitrogens is 2. The van der Waals surface area contributed by atoms with E-state index in [1.54, 1.807) is 49.2 Å². The van der Waals surface area contributed by atoms with Crippen LogP contribution in [-0.2, 0) is 71.5 Å². The summed E-state index contributed by atoms with van der Waals surface area (Å²) in [5.74, 6) is -2.00. The first-order valence-corrected chi connectivity index (χ1v) is 29.0. The second-order valence-electron chi connectivity index (χ2n) is 20.5. The summed E-state index contributed by atoms with van der Waals surface area (Å²) in [7, 11) is -1.27. The number of ether oxygens (including phenoxy) is 9. The second-order valence-corrected chi connectivity index (χ2v) is 22.3. The predicted molar refractivity (Wildman–Crippen MR) is 305 cm³/mol. The first-order valence-electron chi connectivity index (χ1n) is 27.5. The summed E-state index contributed by atoms with van der Waals surface area (Å²) in [5, 5.41) is 5.35. The van der Waals surface area contributed by atoms with Crippen molar-refractivity contribution in [1.29, 1.82) is 0 Å². The highest BCUT2D eigenvalue weighted by molar-refractivity contribution is 7.51. The summed E-state index contributed by atoms with van der Waals surface area (Å²) in [6, 6.07) is 32.4. The molecule has 0 bridgehead atoms. The van der Waals surface area contributed by atoms with E-state index >= 15 is 4.57 Å². The normalized spacial score (nSPS) is 21.3. The van der Waals surface area contributed by atoms with E-state index in [4.69, 9.17) is 51.7 Å². The van der Waals surface area contributed by atoms with Crippen molar-refractivity contribution >= 4 is 43.3 Å². The highest BCUT2D eigenvalue weighted by atomic mass is 31.2. The SMILES string of the molecule is COc1ccc(C(OC[C@H]2O[C@@H](n3ccc(NC(=O)c4ccccc4)nc3=O)C[C@@H]2OP(=O)(OCCCO[C@@H]2O[C@H](COC(C)=O)[C@@H](OC(C)=O)[C@H](OC(C)=O)[C@H]2NC(C)=O)N(C(C)C)C(C)C)(c2ccccc2)c2ccc(OC)cc2)cc1. The maximum absolute atomic E-state index is 15.9. The molecule has 2 fully saturated rings. The van der Waals surface area contributed by atoms with Crippen molar-refractivity contribution in [2.45, 2.75) is 135 Å². The van der Waals surface area contributed by atoms with E-state index in [-0.39, 0.29) is 38.5 Å². The van der Waals surface area contributed by atoms with E-state index in [1.165, 1.54) is 30.7 Å². The average Bonchev–Trinajstić information content (AvgIpc) is 2.66.